The summed E-state index contributed by atoms with van der Waals surface area (Å²) in [6, 6.07) is -0.387. The lowest BCUT2D eigenvalue weighted by Gasteiger charge is -2.35. The number of hydrogen-bond acceptors (Lipinski definition) is 4. The molecule has 1 aliphatic carbocycles. The first-order chi connectivity index (χ1) is 11.1. The zero-order valence-corrected chi connectivity index (χ0v) is 16.0. The second-order valence-electron chi connectivity index (χ2n) is 8.57. The molecule has 0 saturated heterocycles. The van der Waals surface area contributed by atoms with Crippen LogP contribution in [0.5, 0.6) is 0 Å². The van der Waals surface area contributed by atoms with E-state index in [1.165, 1.54) is 19.3 Å². The molecule has 1 aliphatic rings. The van der Waals surface area contributed by atoms with Gasteiger partial charge in [0.1, 0.15) is 5.60 Å². The number of carbonyl (C=O) groups excluding carboxylic acids is 1. The van der Waals surface area contributed by atoms with Crippen molar-refractivity contribution in [2.75, 3.05) is 6.61 Å². The summed E-state index contributed by atoms with van der Waals surface area (Å²) < 4.78 is 5.36. The molecule has 1 fully saturated rings. The molecule has 1 rings (SSSR count). The highest BCUT2D eigenvalue weighted by molar-refractivity contribution is 5.68. The fraction of sp³-hybridized carbons (Fsp3) is 0.947. The standard InChI is InChI=1S/C19H37NO4/c1-13(2)15(12-21)17(22)16(11-14-9-7-6-8-10-14)20-18(23)24-19(3,4)5/h13-17,21-22H,6-12H2,1-5H3,(H,20,23)/t15-,16+,17+/m1/s1. The Kier molecular flexibility index (Phi) is 8.51. The summed E-state index contributed by atoms with van der Waals surface area (Å²) in [5.41, 5.74) is -0.571. The summed E-state index contributed by atoms with van der Waals surface area (Å²) in [4.78, 5) is 12.2. The van der Waals surface area contributed by atoms with Crippen LogP contribution in [0.25, 0.3) is 0 Å². The molecule has 24 heavy (non-hydrogen) atoms. The summed E-state index contributed by atoms with van der Waals surface area (Å²) >= 11 is 0. The van der Waals surface area contributed by atoms with Crippen LogP contribution in [0, 0.1) is 17.8 Å². The van der Waals surface area contributed by atoms with Gasteiger partial charge >= 0.3 is 6.09 Å². The molecule has 0 aromatic heterocycles. The van der Waals surface area contributed by atoms with E-state index in [2.05, 4.69) is 5.32 Å². The normalized spacial score (nSPS) is 20.5. The number of rotatable bonds is 7. The maximum atomic E-state index is 12.2. The average molecular weight is 344 g/mol. The third-order valence-corrected chi connectivity index (χ3v) is 4.93. The number of alkyl carbamates (subject to hydrolysis) is 1. The molecule has 0 spiro atoms. The van der Waals surface area contributed by atoms with Gasteiger partial charge in [0.25, 0.3) is 0 Å². The molecular formula is C19H37NO4. The Balaban J connectivity index is 2.78. The summed E-state index contributed by atoms with van der Waals surface area (Å²) in [5, 5.41) is 23.3. The molecule has 1 amide bonds. The minimum atomic E-state index is -0.774. The van der Waals surface area contributed by atoms with E-state index in [1.807, 2.05) is 34.6 Å². The third-order valence-electron chi connectivity index (χ3n) is 4.93. The molecule has 0 bridgehead atoms. The molecule has 3 N–H and O–H groups in total. The van der Waals surface area contributed by atoms with Crippen molar-refractivity contribution in [2.45, 2.75) is 90.9 Å². The van der Waals surface area contributed by atoms with Gasteiger partial charge in [0.05, 0.1) is 12.1 Å². The van der Waals surface area contributed by atoms with Crippen molar-refractivity contribution in [3.05, 3.63) is 0 Å². The molecule has 5 heteroatoms. The quantitative estimate of drug-likeness (QED) is 0.661. The molecule has 0 radical (unpaired) electrons. The molecule has 1 saturated carbocycles. The lowest BCUT2D eigenvalue weighted by atomic mass is 9.80. The molecule has 0 aromatic rings. The van der Waals surface area contributed by atoms with Crippen LogP contribution in [0.15, 0.2) is 0 Å². The van der Waals surface area contributed by atoms with Gasteiger partial charge < -0.3 is 20.3 Å². The fourth-order valence-corrected chi connectivity index (χ4v) is 3.54. The van der Waals surface area contributed by atoms with Crippen LogP contribution < -0.4 is 5.32 Å². The Morgan fingerprint density at radius 2 is 1.79 bits per heavy atom. The number of amides is 1. The van der Waals surface area contributed by atoms with E-state index in [0.29, 0.717) is 5.92 Å². The Morgan fingerprint density at radius 3 is 2.25 bits per heavy atom. The zero-order valence-electron chi connectivity index (χ0n) is 16.0. The van der Waals surface area contributed by atoms with Crippen LogP contribution in [0.3, 0.4) is 0 Å². The van der Waals surface area contributed by atoms with E-state index < -0.39 is 17.8 Å². The number of ether oxygens (including phenoxy) is 1. The van der Waals surface area contributed by atoms with Crippen LogP contribution in [0.2, 0.25) is 0 Å². The lowest BCUT2D eigenvalue weighted by Crippen LogP contribution is -2.50. The van der Waals surface area contributed by atoms with Crippen molar-refractivity contribution >= 4 is 6.09 Å². The van der Waals surface area contributed by atoms with Gasteiger partial charge in [0.15, 0.2) is 0 Å². The van der Waals surface area contributed by atoms with Gasteiger partial charge in [-0.3, -0.25) is 0 Å². The summed E-state index contributed by atoms with van der Waals surface area (Å²) in [6.45, 7) is 9.35. The largest absolute Gasteiger partial charge is 0.444 e. The van der Waals surface area contributed by atoms with Crippen LogP contribution in [-0.2, 0) is 4.74 Å². The van der Waals surface area contributed by atoms with Gasteiger partial charge in [-0.1, -0.05) is 46.0 Å². The SMILES string of the molecule is CC(C)[C@@H](CO)[C@H](O)[C@H](CC1CCCCC1)NC(=O)OC(C)(C)C. The van der Waals surface area contributed by atoms with Crippen molar-refractivity contribution in [3.63, 3.8) is 0 Å². The highest BCUT2D eigenvalue weighted by Gasteiger charge is 2.33. The zero-order chi connectivity index (χ0) is 18.3. The molecule has 0 heterocycles. The lowest BCUT2D eigenvalue weighted by molar-refractivity contribution is -0.000508. The number of aliphatic hydroxyl groups is 2. The van der Waals surface area contributed by atoms with Gasteiger partial charge in [-0.15, -0.1) is 0 Å². The number of nitrogens with one attached hydrogen (secondary N) is 1. The van der Waals surface area contributed by atoms with Gasteiger partial charge in [0, 0.05) is 12.5 Å². The minimum absolute atomic E-state index is 0.0873. The van der Waals surface area contributed by atoms with Gasteiger partial charge in [0.2, 0.25) is 0 Å². The van der Waals surface area contributed by atoms with Crippen LogP contribution in [0.1, 0.15) is 73.1 Å². The van der Waals surface area contributed by atoms with E-state index in [4.69, 9.17) is 4.74 Å². The van der Waals surface area contributed by atoms with Crippen LogP contribution in [-0.4, -0.2) is 40.7 Å². The predicted molar refractivity (Wildman–Crippen MR) is 95.8 cm³/mol. The van der Waals surface area contributed by atoms with E-state index >= 15 is 0 Å². The van der Waals surface area contributed by atoms with Crippen molar-refractivity contribution in [3.8, 4) is 0 Å². The van der Waals surface area contributed by atoms with Gasteiger partial charge in [-0.25, -0.2) is 4.79 Å². The second-order valence-corrected chi connectivity index (χ2v) is 8.57. The maximum Gasteiger partial charge on any atom is 0.407 e. The molecule has 3 atom stereocenters. The Hall–Kier alpha value is -0.810. The van der Waals surface area contributed by atoms with Crippen molar-refractivity contribution in [2.24, 2.45) is 17.8 Å². The highest BCUT2D eigenvalue weighted by Crippen LogP contribution is 2.30. The van der Waals surface area contributed by atoms with E-state index in [0.717, 1.165) is 19.3 Å². The van der Waals surface area contributed by atoms with Gasteiger partial charge in [-0.2, -0.15) is 0 Å². The molecule has 0 unspecified atom stereocenters. The fourth-order valence-electron chi connectivity index (χ4n) is 3.54. The maximum absolute atomic E-state index is 12.2. The first kappa shape index (κ1) is 21.2. The van der Waals surface area contributed by atoms with Gasteiger partial charge in [-0.05, 0) is 39.0 Å². The van der Waals surface area contributed by atoms with Crippen LogP contribution >= 0.6 is 0 Å². The monoisotopic (exact) mass is 343 g/mol. The van der Waals surface area contributed by atoms with E-state index in [9.17, 15) is 15.0 Å². The minimum Gasteiger partial charge on any atom is -0.444 e. The molecule has 5 nitrogen and oxygen atoms in total. The van der Waals surface area contributed by atoms with Crippen molar-refractivity contribution in [1.29, 1.82) is 0 Å². The summed E-state index contributed by atoms with van der Waals surface area (Å²) in [7, 11) is 0. The van der Waals surface area contributed by atoms with Crippen molar-refractivity contribution in [1.82, 2.24) is 5.32 Å². The first-order valence-corrected chi connectivity index (χ1v) is 9.42. The Labute approximate surface area is 147 Å². The second kappa shape index (κ2) is 9.62. The number of hydrogen-bond donors (Lipinski definition) is 3. The topological polar surface area (TPSA) is 78.8 Å². The highest BCUT2D eigenvalue weighted by atomic mass is 16.6. The Bertz CT molecular complexity index is 372. The molecule has 0 aromatic carbocycles. The smallest absolute Gasteiger partial charge is 0.407 e. The van der Waals surface area contributed by atoms with Crippen molar-refractivity contribution < 1.29 is 19.7 Å². The first-order valence-electron chi connectivity index (χ1n) is 9.42. The van der Waals surface area contributed by atoms with E-state index in [1.54, 1.807) is 0 Å². The van der Waals surface area contributed by atoms with E-state index in [-0.39, 0.29) is 24.5 Å². The summed E-state index contributed by atoms with van der Waals surface area (Å²) in [5.74, 6) is 0.396. The molecule has 0 aliphatic heterocycles. The Morgan fingerprint density at radius 1 is 1.21 bits per heavy atom. The molecule has 142 valence electrons. The number of carbonyl (C=O) groups is 1. The molecular weight excluding hydrogens is 306 g/mol. The average Bonchev–Trinajstić information content (AvgIpc) is 2.45. The number of aliphatic hydroxyl groups excluding tert-OH is 2. The van der Waals surface area contributed by atoms with Crippen LogP contribution in [0.4, 0.5) is 4.79 Å². The predicted octanol–water partition coefficient (Wildman–Crippen LogP) is 3.48. The third kappa shape index (κ3) is 7.39. The summed E-state index contributed by atoms with van der Waals surface area (Å²) in [6.07, 6.45) is 5.46.